The van der Waals surface area contributed by atoms with Gasteiger partial charge in [0.15, 0.2) is 0 Å². The second kappa shape index (κ2) is 4.75. The van der Waals surface area contributed by atoms with E-state index in [4.69, 9.17) is 5.73 Å². The predicted octanol–water partition coefficient (Wildman–Crippen LogP) is 1.36. The lowest BCUT2D eigenvalue weighted by Gasteiger charge is -2.27. The van der Waals surface area contributed by atoms with Crippen LogP contribution in [0.3, 0.4) is 0 Å². The zero-order valence-corrected chi connectivity index (χ0v) is 9.39. The van der Waals surface area contributed by atoms with E-state index in [9.17, 15) is 0 Å². The molecule has 1 saturated carbocycles. The molecule has 15 heavy (non-hydrogen) atoms. The summed E-state index contributed by atoms with van der Waals surface area (Å²) in [5, 5.41) is 4.15. The highest BCUT2D eigenvalue weighted by Crippen LogP contribution is 2.30. The molecular weight excluding hydrogens is 188 g/mol. The van der Waals surface area contributed by atoms with Crippen molar-refractivity contribution in [2.45, 2.75) is 51.6 Å². The molecule has 84 valence electrons. The van der Waals surface area contributed by atoms with Crippen molar-refractivity contribution in [1.29, 1.82) is 0 Å². The van der Waals surface area contributed by atoms with Gasteiger partial charge in [0.05, 0.1) is 0 Å². The van der Waals surface area contributed by atoms with E-state index >= 15 is 0 Å². The summed E-state index contributed by atoms with van der Waals surface area (Å²) in [6.45, 7) is 2.96. The van der Waals surface area contributed by atoms with Gasteiger partial charge < -0.3 is 5.73 Å². The van der Waals surface area contributed by atoms with E-state index in [0.29, 0.717) is 0 Å². The van der Waals surface area contributed by atoms with Gasteiger partial charge in [0.1, 0.15) is 12.2 Å². The molecule has 1 heterocycles. The molecule has 0 amide bonds. The van der Waals surface area contributed by atoms with Crippen molar-refractivity contribution in [2.24, 2.45) is 11.7 Å². The molecule has 1 aliphatic rings. The van der Waals surface area contributed by atoms with Crippen LogP contribution in [0.4, 0.5) is 0 Å². The summed E-state index contributed by atoms with van der Waals surface area (Å²) in [5.74, 6) is 1.90. The Labute approximate surface area is 90.9 Å². The van der Waals surface area contributed by atoms with Crippen molar-refractivity contribution in [3.8, 4) is 0 Å². The molecule has 0 aliphatic heterocycles. The Kier molecular flexibility index (Phi) is 3.36. The van der Waals surface area contributed by atoms with Gasteiger partial charge in [0.25, 0.3) is 0 Å². The second-order valence-electron chi connectivity index (χ2n) is 4.49. The number of hydrogen-bond acceptors (Lipinski definition) is 3. The van der Waals surface area contributed by atoms with Crippen molar-refractivity contribution in [3.05, 3.63) is 12.2 Å². The van der Waals surface area contributed by atoms with Crippen LogP contribution in [0.25, 0.3) is 0 Å². The summed E-state index contributed by atoms with van der Waals surface area (Å²) in [6, 6.07) is 0.254. The molecule has 4 heteroatoms. The van der Waals surface area contributed by atoms with Crippen LogP contribution in [-0.4, -0.2) is 20.8 Å². The van der Waals surface area contributed by atoms with Crippen molar-refractivity contribution < 1.29 is 0 Å². The molecule has 1 fully saturated rings. The number of aryl methyl sites for hydroxylation is 1. The quantitative estimate of drug-likeness (QED) is 0.795. The first-order valence-electron chi connectivity index (χ1n) is 5.92. The maximum Gasteiger partial charge on any atom is 0.138 e. The number of rotatable bonds is 5. The summed E-state index contributed by atoms with van der Waals surface area (Å²) >= 11 is 0. The van der Waals surface area contributed by atoms with Crippen LogP contribution in [-0.2, 0) is 13.0 Å². The largest absolute Gasteiger partial charge is 0.327 e. The minimum absolute atomic E-state index is 0.254. The predicted molar refractivity (Wildman–Crippen MR) is 59.3 cm³/mol. The highest BCUT2D eigenvalue weighted by Gasteiger charge is 2.21. The molecule has 1 aromatic rings. The number of aromatic nitrogens is 3. The number of hydrogen-bond donors (Lipinski definition) is 1. The van der Waals surface area contributed by atoms with Crippen LogP contribution >= 0.6 is 0 Å². The third-order valence-corrected chi connectivity index (χ3v) is 3.30. The lowest BCUT2D eigenvalue weighted by Crippen LogP contribution is -2.29. The van der Waals surface area contributed by atoms with Crippen LogP contribution in [0.1, 0.15) is 38.4 Å². The van der Waals surface area contributed by atoms with E-state index in [1.807, 2.05) is 4.68 Å². The van der Waals surface area contributed by atoms with Gasteiger partial charge in [-0.2, -0.15) is 5.10 Å². The third-order valence-electron chi connectivity index (χ3n) is 3.30. The highest BCUT2D eigenvalue weighted by molar-refractivity contribution is 4.90. The van der Waals surface area contributed by atoms with Gasteiger partial charge in [0.2, 0.25) is 0 Å². The fourth-order valence-electron chi connectivity index (χ4n) is 2.18. The third kappa shape index (κ3) is 2.56. The molecule has 2 rings (SSSR count). The molecule has 1 aliphatic carbocycles. The van der Waals surface area contributed by atoms with Gasteiger partial charge in [-0.1, -0.05) is 19.3 Å². The highest BCUT2D eigenvalue weighted by atomic mass is 15.3. The lowest BCUT2D eigenvalue weighted by atomic mass is 9.80. The summed E-state index contributed by atoms with van der Waals surface area (Å²) in [6.07, 6.45) is 7.76. The monoisotopic (exact) mass is 208 g/mol. The van der Waals surface area contributed by atoms with E-state index in [0.717, 1.165) is 31.1 Å². The first-order valence-corrected chi connectivity index (χ1v) is 5.92. The van der Waals surface area contributed by atoms with Crippen LogP contribution in [0, 0.1) is 5.92 Å². The minimum Gasteiger partial charge on any atom is -0.327 e. The number of nitrogens with two attached hydrogens (primary N) is 1. The summed E-state index contributed by atoms with van der Waals surface area (Å²) in [7, 11) is 0. The Morgan fingerprint density at radius 2 is 2.40 bits per heavy atom. The summed E-state index contributed by atoms with van der Waals surface area (Å²) in [4.78, 5) is 4.25. The van der Waals surface area contributed by atoms with E-state index < -0.39 is 0 Å². The topological polar surface area (TPSA) is 56.7 Å². The molecule has 0 bridgehead atoms. The molecule has 0 saturated heterocycles. The molecule has 0 radical (unpaired) electrons. The summed E-state index contributed by atoms with van der Waals surface area (Å²) < 4.78 is 1.93. The fraction of sp³-hybridized carbons (Fsp3) is 0.818. The van der Waals surface area contributed by atoms with E-state index in [1.54, 1.807) is 6.33 Å². The van der Waals surface area contributed by atoms with Gasteiger partial charge in [0, 0.05) is 19.0 Å². The van der Waals surface area contributed by atoms with Crippen LogP contribution in [0.15, 0.2) is 6.33 Å². The Bertz CT molecular complexity index is 303. The average molecular weight is 208 g/mol. The van der Waals surface area contributed by atoms with Crippen LogP contribution in [0.5, 0.6) is 0 Å². The van der Waals surface area contributed by atoms with Gasteiger partial charge in [-0.05, 0) is 19.3 Å². The van der Waals surface area contributed by atoms with E-state index in [-0.39, 0.29) is 6.04 Å². The Morgan fingerprint density at radius 1 is 1.60 bits per heavy atom. The fourth-order valence-corrected chi connectivity index (χ4v) is 2.18. The molecule has 1 atom stereocenters. The van der Waals surface area contributed by atoms with Crippen molar-refractivity contribution >= 4 is 0 Å². The molecule has 1 aromatic heterocycles. The molecule has 1 unspecified atom stereocenters. The lowest BCUT2D eigenvalue weighted by molar-refractivity contribution is 0.274. The maximum absolute atomic E-state index is 6.12. The first-order chi connectivity index (χ1) is 7.29. The first kappa shape index (κ1) is 10.6. The van der Waals surface area contributed by atoms with E-state index in [1.165, 1.54) is 19.3 Å². The van der Waals surface area contributed by atoms with E-state index in [2.05, 4.69) is 17.0 Å². The zero-order chi connectivity index (χ0) is 10.7. The Balaban J connectivity index is 1.84. The van der Waals surface area contributed by atoms with Gasteiger partial charge in [-0.3, -0.25) is 4.68 Å². The van der Waals surface area contributed by atoms with Crippen LogP contribution in [0.2, 0.25) is 0 Å². The molecule has 0 aromatic carbocycles. The van der Waals surface area contributed by atoms with Crippen molar-refractivity contribution in [1.82, 2.24) is 14.8 Å². The Morgan fingerprint density at radius 3 is 3.00 bits per heavy atom. The Hall–Kier alpha value is -0.900. The zero-order valence-electron chi connectivity index (χ0n) is 9.39. The van der Waals surface area contributed by atoms with Gasteiger partial charge >= 0.3 is 0 Å². The van der Waals surface area contributed by atoms with Gasteiger partial charge in [-0.25, -0.2) is 4.98 Å². The molecule has 4 nitrogen and oxygen atoms in total. The molecule has 0 spiro atoms. The standard InChI is InChI=1S/C11H20N4/c1-2-15-11(13-8-14-15)7-10(12)6-9-4-3-5-9/h8-10H,2-7,12H2,1H3. The second-order valence-corrected chi connectivity index (χ2v) is 4.49. The normalized spacial score (nSPS) is 18.8. The number of nitrogens with zero attached hydrogens (tertiary/aromatic N) is 3. The minimum atomic E-state index is 0.254. The SMILES string of the molecule is CCn1ncnc1CC(N)CC1CCC1. The van der Waals surface area contributed by atoms with Crippen LogP contribution < -0.4 is 5.73 Å². The average Bonchev–Trinajstić information content (AvgIpc) is 2.59. The van der Waals surface area contributed by atoms with Crippen molar-refractivity contribution in [3.63, 3.8) is 0 Å². The molecular formula is C11H20N4. The smallest absolute Gasteiger partial charge is 0.138 e. The van der Waals surface area contributed by atoms with Crippen molar-refractivity contribution in [2.75, 3.05) is 0 Å². The van der Waals surface area contributed by atoms with Gasteiger partial charge in [-0.15, -0.1) is 0 Å². The summed E-state index contributed by atoms with van der Waals surface area (Å²) in [5.41, 5.74) is 6.12. The maximum atomic E-state index is 6.12. The molecule has 2 N–H and O–H groups in total.